The molecule has 1 amide bonds. The zero-order valence-electron chi connectivity index (χ0n) is 23.6. The number of rotatable bonds is 24. The normalized spacial score (nSPS) is 11.2. The van der Waals surface area contributed by atoms with Crippen LogP contribution in [0.15, 0.2) is 24.3 Å². The number of carbonyl (C=O) groups excluding carboxylic acids is 1. The number of anilines is 1. The fraction of sp³-hybridized carbons (Fsp3) is 0.781. The van der Waals surface area contributed by atoms with Gasteiger partial charge in [-0.25, -0.2) is 0 Å². The second kappa shape index (κ2) is 22.9. The van der Waals surface area contributed by atoms with Gasteiger partial charge in [-0.2, -0.15) is 0 Å². The highest BCUT2D eigenvalue weighted by Crippen LogP contribution is 2.24. The van der Waals surface area contributed by atoms with E-state index in [4.69, 9.17) is 4.74 Å². The first kappa shape index (κ1) is 31.5. The number of ether oxygens (including phenoxy) is 1. The van der Waals surface area contributed by atoms with Gasteiger partial charge in [0, 0.05) is 6.42 Å². The van der Waals surface area contributed by atoms with Crippen molar-refractivity contribution in [3.05, 3.63) is 24.3 Å². The minimum atomic E-state index is 0.0950. The zero-order chi connectivity index (χ0) is 25.4. The number of carbonyl (C=O) groups is 1. The highest BCUT2D eigenvalue weighted by molar-refractivity contribution is 5.92. The van der Waals surface area contributed by atoms with Crippen LogP contribution in [0.1, 0.15) is 149 Å². The van der Waals surface area contributed by atoms with Crippen molar-refractivity contribution >= 4 is 11.6 Å². The SMILES string of the molecule is CCCCCCCCCCCCCCCCCCCCCC(=O)Nc1ccccc1OCC(C)C. The maximum absolute atomic E-state index is 12.3. The molecule has 0 unspecified atom stereocenters. The fourth-order valence-electron chi connectivity index (χ4n) is 4.53. The molecule has 0 atom stereocenters. The van der Waals surface area contributed by atoms with Gasteiger partial charge in [0.25, 0.3) is 0 Å². The maximum atomic E-state index is 12.3. The van der Waals surface area contributed by atoms with Crippen molar-refractivity contribution in [1.29, 1.82) is 0 Å². The van der Waals surface area contributed by atoms with Crippen molar-refractivity contribution in [2.45, 2.75) is 149 Å². The van der Waals surface area contributed by atoms with Crippen LogP contribution in [0.4, 0.5) is 5.69 Å². The summed E-state index contributed by atoms with van der Waals surface area (Å²) < 4.78 is 5.83. The van der Waals surface area contributed by atoms with Crippen molar-refractivity contribution < 1.29 is 9.53 Å². The Bertz CT molecular complexity index is 613. The molecule has 0 radical (unpaired) electrons. The minimum Gasteiger partial charge on any atom is -0.491 e. The molecule has 0 spiro atoms. The van der Waals surface area contributed by atoms with Crippen LogP contribution in [0.5, 0.6) is 5.75 Å². The van der Waals surface area contributed by atoms with Gasteiger partial charge >= 0.3 is 0 Å². The molecule has 202 valence electrons. The third kappa shape index (κ3) is 19.4. The van der Waals surface area contributed by atoms with E-state index in [-0.39, 0.29) is 5.91 Å². The second-order valence-corrected chi connectivity index (χ2v) is 10.9. The number of nitrogens with one attached hydrogen (secondary N) is 1. The van der Waals surface area contributed by atoms with Crippen molar-refractivity contribution in [3.8, 4) is 5.75 Å². The summed E-state index contributed by atoms with van der Waals surface area (Å²) in [4.78, 5) is 12.3. The van der Waals surface area contributed by atoms with E-state index in [0.29, 0.717) is 18.9 Å². The predicted molar refractivity (Wildman–Crippen MR) is 153 cm³/mol. The molecular formula is C32H57NO2. The molecule has 0 saturated heterocycles. The molecule has 0 aromatic heterocycles. The number of para-hydroxylation sites is 2. The van der Waals surface area contributed by atoms with Crippen LogP contribution in [0.2, 0.25) is 0 Å². The van der Waals surface area contributed by atoms with Gasteiger partial charge in [-0.15, -0.1) is 0 Å². The quantitative estimate of drug-likeness (QED) is 0.147. The molecular weight excluding hydrogens is 430 g/mol. The van der Waals surface area contributed by atoms with Gasteiger partial charge in [0.2, 0.25) is 5.91 Å². The van der Waals surface area contributed by atoms with Crippen LogP contribution in [0.25, 0.3) is 0 Å². The minimum absolute atomic E-state index is 0.0950. The number of hydrogen-bond acceptors (Lipinski definition) is 2. The van der Waals surface area contributed by atoms with Crippen LogP contribution in [-0.4, -0.2) is 12.5 Å². The molecule has 0 aliphatic heterocycles. The lowest BCUT2D eigenvalue weighted by molar-refractivity contribution is -0.116. The predicted octanol–water partition coefficient (Wildman–Crippen LogP) is 10.5. The Balaban J connectivity index is 1.88. The van der Waals surface area contributed by atoms with Crippen LogP contribution < -0.4 is 10.1 Å². The van der Waals surface area contributed by atoms with Crippen LogP contribution in [-0.2, 0) is 4.79 Å². The van der Waals surface area contributed by atoms with Crippen LogP contribution in [0, 0.1) is 5.92 Å². The summed E-state index contributed by atoms with van der Waals surface area (Å²) in [5.74, 6) is 1.32. The van der Waals surface area contributed by atoms with E-state index in [1.165, 1.54) is 109 Å². The maximum Gasteiger partial charge on any atom is 0.224 e. The van der Waals surface area contributed by atoms with E-state index in [1.807, 2.05) is 24.3 Å². The number of unbranched alkanes of at least 4 members (excludes halogenated alkanes) is 18. The topological polar surface area (TPSA) is 38.3 Å². The lowest BCUT2D eigenvalue weighted by Crippen LogP contribution is -2.13. The van der Waals surface area contributed by atoms with Crippen molar-refractivity contribution in [1.82, 2.24) is 0 Å². The molecule has 0 bridgehead atoms. The van der Waals surface area contributed by atoms with Gasteiger partial charge in [0.15, 0.2) is 0 Å². The lowest BCUT2D eigenvalue weighted by Gasteiger charge is -2.13. The van der Waals surface area contributed by atoms with E-state index in [2.05, 4.69) is 26.1 Å². The third-order valence-corrected chi connectivity index (χ3v) is 6.74. The highest BCUT2D eigenvalue weighted by Gasteiger charge is 2.08. The molecule has 3 nitrogen and oxygen atoms in total. The Morgan fingerprint density at radius 1 is 0.686 bits per heavy atom. The van der Waals surface area contributed by atoms with Crippen molar-refractivity contribution in [3.63, 3.8) is 0 Å². The summed E-state index contributed by atoms with van der Waals surface area (Å²) in [5.41, 5.74) is 0.788. The monoisotopic (exact) mass is 487 g/mol. The van der Waals surface area contributed by atoms with Crippen LogP contribution >= 0.6 is 0 Å². The summed E-state index contributed by atoms with van der Waals surface area (Å²) in [7, 11) is 0. The molecule has 1 aromatic rings. The third-order valence-electron chi connectivity index (χ3n) is 6.74. The first-order valence-corrected chi connectivity index (χ1v) is 15.1. The Morgan fingerprint density at radius 2 is 1.11 bits per heavy atom. The number of hydrogen-bond donors (Lipinski definition) is 1. The zero-order valence-corrected chi connectivity index (χ0v) is 23.6. The van der Waals surface area contributed by atoms with Gasteiger partial charge in [0.05, 0.1) is 12.3 Å². The van der Waals surface area contributed by atoms with Crippen molar-refractivity contribution in [2.75, 3.05) is 11.9 Å². The fourth-order valence-corrected chi connectivity index (χ4v) is 4.53. The molecule has 0 fully saturated rings. The Kier molecular flexibility index (Phi) is 20.6. The summed E-state index contributed by atoms with van der Waals surface area (Å²) in [6.07, 6.45) is 26.6. The standard InChI is InChI=1S/C32H57NO2/c1-4-5-6-7-8-9-10-11-12-13-14-15-16-17-18-19-20-21-22-27-32(34)33-30-25-23-24-26-31(30)35-28-29(2)3/h23-26,29H,4-22,27-28H2,1-3H3,(H,33,34). The van der Waals surface area contributed by atoms with Gasteiger partial charge in [0.1, 0.15) is 5.75 Å². The van der Waals surface area contributed by atoms with E-state index in [0.717, 1.165) is 24.3 Å². The molecule has 0 aliphatic rings. The second-order valence-electron chi connectivity index (χ2n) is 10.9. The van der Waals surface area contributed by atoms with E-state index in [9.17, 15) is 4.79 Å². The molecule has 1 N–H and O–H groups in total. The Hall–Kier alpha value is -1.51. The lowest BCUT2D eigenvalue weighted by atomic mass is 10.0. The van der Waals surface area contributed by atoms with Crippen molar-refractivity contribution in [2.24, 2.45) is 5.92 Å². The van der Waals surface area contributed by atoms with Gasteiger partial charge in [-0.05, 0) is 24.5 Å². The van der Waals surface area contributed by atoms with Gasteiger partial charge < -0.3 is 10.1 Å². The summed E-state index contributed by atoms with van der Waals surface area (Å²) >= 11 is 0. The molecule has 0 aliphatic carbocycles. The first-order chi connectivity index (χ1) is 17.1. The Morgan fingerprint density at radius 3 is 1.57 bits per heavy atom. The molecule has 1 rings (SSSR count). The van der Waals surface area contributed by atoms with E-state index >= 15 is 0 Å². The van der Waals surface area contributed by atoms with Gasteiger partial charge in [-0.3, -0.25) is 4.79 Å². The van der Waals surface area contributed by atoms with E-state index < -0.39 is 0 Å². The van der Waals surface area contributed by atoms with Crippen LogP contribution in [0.3, 0.4) is 0 Å². The largest absolute Gasteiger partial charge is 0.491 e. The first-order valence-electron chi connectivity index (χ1n) is 15.1. The smallest absolute Gasteiger partial charge is 0.224 e. The summed E-state index contributed by atoms with van der Waals surface area (Å²) in [6.45, 7) is 7.20. The van der Waals surface area contributed by atoms with Gasteiger partial charge in [-0.1, -0.05) is 148 Å². The molecule has 3 heteroatoms. The molecule has 0 heterocycles. The molecule has 1 aromatic carbocycles. The number of amides is 1. The summed E-state index contributed by atoms with van der Waals surface area (Å²) in [6, 6.07) is 7.73. The highest BCUT2D eigenvalue weighted by atomic mass is 16.5. The average Bonchev–Trinajstić information content (AvgIpc) is 2.85. The average molecular weight is 488 g/mol. The Labute approximate surface area is 218 Å². The number of benzene rings is 1. The summed E-state index contributed by atoms with van der Waals surface area (Å²) in [5, 5.41) is 3.03. The molecule has 0 saturated carbocycles. The van der Waals surface area contributed by atoms with E-state index in [1.54, 1.807) is 0 Å². The molecule has 35 heavy (non-hydrogen) atoms.